The van der Waals surface area contributed by atoms with E-state index in [9.17, 15) is 4.79 Å². The van der Waals surface area contributed by atoms with Gasteiger partial charge in [0.25, 0.3) is 5.91 Å². The number of fused-ring (bicyclic) bond motifs is 1. The second-order valence-electron chi connectivity index (χ2n) is 6.21. The molecule has 3 aromatic carbocycles. The summed E-state index contributed by atoms with van der Waals surface area (Å²) in [6, 6.07) is 23.5. The van der Waals surface area contributed by atoms with Crippen LogP contribution >= 0.6 is 0 Å². The number of amides is 1. The number of hydrogen-bond donors (Lipinski definition) is 1. The molecule has 0 saturated heterocycles. The second kappa shape index (κ2) is 7.66. The molecule has 27 heavy (non-hydrogen) atoms. The standard InChI is InChI=1S/C22H18N4O/c27-22(21-8-3-5-18(14-21)16-26-12-4-11-24-26)25-23-15-17-9-10-19-6-1-2-7-20(19)13-17/h1-15H,16H2,(H,25,27). The fraction of sp³-hybridized carbons (Fsp3) is 0.0455. The lowest BCUT2D eigenvalue weighted by Gasteiger charge is -2.05. The molecule has 0 aliphatic heterocycles. The first kappa shape index (κ1) is 16.7. The van der Waals surface area contributed by atoms with Gasteiger partial charge in [-0.3, -0.25) is 9.48 Å². The minimum absolute atomic E-state index is 0.241. The largest absolute Gasteiger partial charge is 0.271 e. The highest BCUT2D eigenvalue weighted by atomic mass is 16.2. The van der Waals surface area contributed by atoms with Crippen molar-refractivity contribution in [1.29, 1.82) is 0 Å². The van der Waals surface area contributed by atoms with Crippen LogP contribution in [0.15, 0.2) is 90.3 Å². The third-order valence-electron chi connectivity index (χ3n) is 4.25. The van der Waals surface area contributed by atoms with E-state index in [4.69, 9.17) is 0 Å². The van der Waals surface area contributed by atoms with Crippen LogP contribution in [0.25, 0.3) is 10.8 Å². The molecule has 0 bridgehead atoms. The molecule has 0 spiro atoms. The molecule has 1 heterocycles. The molecule has 1 aromatic heterocycles. The Morgan fingerprint density at radius 2 is 1.89 bits per heavy atom. The quantitative estimate of drug-likeness (QED) is 0.437. The van der Waals surface area contributed by atoms with Crippen molar-refractivity contribution in [3.8, 4) is 0 Å². The van der Waals surface area contributed by atoms with Crippen LogP contribution in [0.2, 0.25) is 0 Å². The maximum atomic E-state index is 12.4. The second-order valence-corrected chi connectivity index (χ2v) is 6.21. The Balaban J connectivity index is 1.43. The third-order valence-corrected chi connectivity index (χ3v) is 4.25. The number of nitrogens with zero attached hydrogens (tertiary/aromatic N) is 3. The van der Waals surface area contributed by atoms with Crippen LogP contribution in [0, 0.1) is 0 Å². The van der Waals surface area contributed by atoms with E-state index in [1.54, 1.807) is 18.5 Å². The molecule has 4 rings (SSSR count). The molecule has 0 saturated carbocycles. The zero-order valence-electron chi connectivity index (χ0n) is 14.6. The molecular formula is C22H18N4O. The normalized spacial score (nSPS) is 11.1. The van der Waals surface area contributed by atoms with Crippen LogP contribution < -0.4 is 5.43 Å². The summed E-state index contributed by atoms with van der Waals surface area (Å²) >= 11 is 0. The number of nitrogens with one attached hydrogen (secondary N) is 1. The number of aromatic nitrogens is 2. The van der Waals surface area contributed by atoms with Crippen LogP contribution in [0.3, 0.4) is 0 Å². The first-order valence-corrected chi connectivity index (χ1v) is 8.66. The summed E-state index contributed by atoms with van der Waals surface area (Å²) in [6.45, 7) is 0.620. The smallest absolute Gasteiger partial charge is 0.268 e. The van der Waals surface area contributed by atoms with Crippen molar-refractivity contribution < 1.29 is 4.79 Å². The predicted octanol–water partition coefficient (Wildman–Crippen LogP) is 3.85. The molecule has 132 valence electrons. The van der Waals surface area contributed by atoms with Crippen LogP contribution in [0.4, 0.5) is 0 Å². The lowest BCUT2D eigenvalue weighted by Crippen LogP contribution is -2.18. The summed E-state index contributed by atoms with van der Waals surface area (Å²) in [5, 5.41) is 10.6. The zero-order chi connectivity index (χ0) is 18.5. The minimum atomic E-state index is -0.241. The number of carbonyl (C=O) groups excluding carboxylic acids is 1. The van der Waals surface area contributed by atoms with E-state index in [-0.39, 0.29) is 5.91 Å². The van der Waals surface area contributed by atoms with Crippen LogP contribution in [0.5, 0.6) is 0 Å². The van der Waals surface area contributed by atoms with Gasteiger partial charge in [0.05, 0.1) is 12.8 Å². The van der Waals surface area contributed by atoms with Gasteiger partial charge in [-0.15, -0.1) is 0 Å². The van der Waals surface area contributed by atoms with Gasteiger partial charge in [0.2, 0.25) is 0 Å². The molecule has 5 heteroatoms. The van der Waals surface area contributed by atoms with Gasteiger partial charge in [0.15, 0.2) is 0 Å². The number of hydrogen-bond acceptors (Lipinski definition) is 3. The van der Waals surface area contributed by atoms with Gasteiger partial charge in [-0.2, -0.15) is 10.2 Å². The third kappa shape index (κ3) is 4.10. The maximum Gasteiger partial charge on any atom is 0.271 e. The Bertz CT molecular complexity index is 1100. The Labute approximate surface area is 157 Å². The maximum absolute atomic E-state index is 12.4. The van der Waals surface area contributed by atoms with Gasteiger partial charge in [-0.25, -0.2) is 5.43 Å². The SMILES string of the molecule is O=C(NN=Cc1ccc2ccccc2c1)c1cccc(Cn2cccn2)c1. The van der Waals surface area contributed by atoms with E-state index in [1.807, 2.05) is 65.5 Å². The number of benzene rings is 3. The summed E-state index contributed by atoms with van der Waals surface area (Å²) < 4.78 is 1.81. The van der Waals surface area contributed by atoms with E-state index >= 15 is 0 Å². The van der Waals surface area contributed by atoms with Crippen LogP contribution in [0.1, 0.15) is 21.5 Å². The lowest BCUT2D eigenvalue weighted by molar-refractivity contribution is 0.0955. The van der Waals surface area contributed by atoms with E-state index in [0.717, 1.165) is 16.5 Å². The van der Waals surface area contributed by atoms with Crippen molar-refractivity contribution >= 4 is 22.9 Å². The molecule has 4 aromatic rings. The molecule has 0 atom stereocenters. The Kier molecular flexibility index (Phi) is 4.74. The topological polar surface area (TPSA) is 59.3 Å². The number of rotatable bonds is 5. The van der Waals surface area contributed by atoms with E-state index in [1.165, 1.54) is 5.39 Å². The lowest BCUT2D eigenvalue weighted by atomic mass is 10.1. The van der Waals surface area contributed by atoms with E-state index in [2.05, 4.69) is 27.8 Å². The van der Waals surface area contributed by atoms with Crippen LogP contribution in [-0.2, 0) is 6.54 Å². The Hall–Kier alpha value is -3.73. The Morgan fingerprint density at radius 1 is 1.00 bits per heavy atom. The Morgan fingerprint density at radius 3 is 2.74 bits per heavy atom. The summed E-state index contributed by atoms with van der Waals surface area (Å²) in [5.74, 6) is -0.241. The fourth-order valence-corrected chi connectivity index (χ4v) is 2.91. The van der Waals surface area contributed by atoms with Crippen molar-refractivity contribution in [2.24, 2.45) is 5.10 Å². The summed E-state index contributed by atoms with van der Waals surface area (Å²) in [5.41, 5.74) is 5.09. The first-order chi connectivity index (χ1) is 13.3. The number of carbonyl (C=O) groups is 1. The van der Waals surface area contributed by atoms with Gasteiger partial charge in [0, 0.05) is 18.0 Å². The van der Waals surface area contributed by atoms with Crippen molar-refractivity contribution in [2.75, 3.05) is 0 Å². The molecule has 1 N–H and O–H groups in total. The molecule has 5 nitrogen and oxygen atoms in total. The first-order valence-electron chi connectivity index (χ1n) is 8.66. The molecule has 0 aliphatic carbocycles. The van der Waals surface area contributed by atoms with E-state index in [0.29, 0.717) is 12.1 Å². The van der Waals surface area contributed by atoms with Crippen LogP contribution in [-0.4, -0.2) is 21.9 Å². The van der Waals surface area contributed by atoms with E-state index < -0.39 is 0 Å². The molecule has 0 fully saturated rings. The van der Waals surface area contributed by atoms with Gasteiger partial charge >= 0.3 is 0 Å². The highest BCUT2D eigenvalue weighted by Gasteiger charge is 2.05. The highest BCUT2D eigenvalue weighted by Crippen LogP contribution is 2.14. The molecular weight excluding hydrogens is 336 g/mol. The highest BCUT2D eigenvalue weighted by molar-refractivity contribution is 5.95. The average molecular weight is 354 g/mol. The molecule has 1 amide bonds. The van der Waals surface area contributed by atoms with Crippen molar-refractivity contribution in [1.82, 2.24) is 15.2 Å². The van der Waals surface area contributed by atoms with Crippen molar-refractivity contribution in [2.45, 2.75) is 6.54 Å². The fourth-order valence-electron chi connectivity index (χ4n) is 2.91. The zero-order valence-corrected chi connectivity index (χ0v) is 14.6. The number of hydrazone groups is 1. The minimum Gasteiger partial charge on any atom is -0.268 e. The van der Waals surface area contributed by atoms with Gasteiger partial charge in [-0.05, 0) is 46.2 Å². The van der Waals surface area contributed by atoms with Gasteiger partial charge in [0.1, 0.15) is 0 Å². The molecule has 0 unspecified atom stereocenters. The summed E-state index contributed by atoms with van der Waals surface area (Å²) in [6.07, 6.45) is 5.27. The van der Waals surface area contributed by atoms with Crippen molar-refractivity contribution in [3.63, 3.8) is 0 Å². The predicted molar refractivity (Wildman–Crippen MR) is 107 cm³/mol. The average Bonchev–Trinajstić information content (AvgIpc) is 3.21. The molecule has 0 radical (unpaired) electrons. The monoisotopic (exact) mass is 354 g/mol. The van der Waals surface area contributed by atoms with Crippen molar-refractivity contribution in [3.05, 3.63) is 102 Å². The molecule has 0 aliphatic rings. The van der Waals surface area contributed by atoms with Gasteiger partial charge < -0.3 is 0 Å². The summed E-state index contributed by atoms with van der Waals surface area (Å²) in [7, 11) is 0. The van der Waals surface area contributed by atoms with Gasteiger partial charge in [-0.1, -0.05) is 48.5 Å². The summed E-state index contributed by atoms with van der Waals surface area (Å²) in [4.78, 5) is 12.4.